The Bertz CT molecular complexity index is 300. The Hall–Kier alpha value is -1.55. The van der Waals surface area contributed by atoms with Crippen LogP contribution in [0.1, 0.15) is 18.4 Å². The van der Waals surface area contributed by atoms with Crippen molar-refractivity contribution in [2.45, 2.75) is 18.9 Å². The fourth-order valence-corrected chi connectivity index (χ4v) is 0.759. The van der Waals surface area contributed by atoms with Crippen LogP contribution >= 0.6 is 0 Å². The number of anilines is 1. The lowest BCUT2D eigenvalue weighted by Gasteiger charge is -1.96. The van der Waals surface area contributed by atoms with Crippen molar-refractivity contribution < 1.29 is 0 Å². The van der Waals surface area contributed by atoms with Gasteiger partial charge in [-0.3, -0.25) is 5.41 Å². The minimum absolute atomic E-state index is 0.0694. The maximum absolute atomic E-state index is 7.04. The van der Waals surface area contributed by atoms with Crippen molar-refractivity contribution in [1.82, 2.24) is 0 Å². The molecule has 0 aliphatic heterocycles. The van der Waals surface area contributed by atoms with E-state index in [0.29, 0.717) is 17.3 Å². The standard InChI is InChI=1S/C7H9N3.C3H7N/c8-6-3-1-5(2-4-6)7(9)10;4-3-1-2-3/h1-4H,8H2,(H3,9,10);3H,1-2,4H2. The lowest BCUT2D eigenvalue weighted by molar-refractivity contribution is 1.07. The molecule has 76 valence electrons. The predicted octanol–water partition coefficient (Wildman–Crippen LogP) is 0.660. The summed E-state index contributed by atoms with van der Waals surface area (Å²) in [7, 11) is 0. The average Bonchev–Trinajstić information content (AvgIpc) is 2.89. The summed E-state index contributed by atoms with van der Waals surface area (Å²) in [5.41, 5.74) is 17.2. The van der Waals surface area contributed by atoms with Gasteiger partial charge in [-0.2, -0.15) is 0 Å². The number of hydrogen-bond acceptors (Lipinski definition) is 3. The van der Waals surface area contributed by atoms with E-state index < -0.39 is 0 Å². The van der Waals surface area contributed by atoms with Crippen LogP contribution < -0.4 is 17.2 Å². The van der Waals surface area contributed by atoms with Crippen molar-refractivity contribution in [3.63, 3.8) is 0 Å². The smallest absolute Gasteiger partial charge is 0.122 e. The Morgan fingerprint density at radius 1 is 1.21 bits per heavy atom. The summed E-state index contributed by atoms with van der Waals surface area (Å²) in [4.78, 5) is 0. The first kappa shape index (κ1) is 10.5. The number of hydrogen-bond donors (Lipinski definition) is 4. The van der Waals surface area contributed by atoms with E-state index in [9.17, 15) is 0 Å². The minimum Gasteiger partial charge on any atom is -0.399 e. The number of nitrogens with one attached hydrogen (secondary N) is 1. The summed E-state index contributed by atoms with van der Waals surface area (Å²) in [5, 5.41) is 7.04. The summed E-state index contributed by atoms with van der Waals surface area (Å²) in [6.45, 7) is 0. The molecule has 1 aliphatic rings. The molecule has 1 saturated carbocycles. The molecular weight excluding hydrogens is 176 g/mol. The van der Waals surface area contributed by atoms with E-state index in [-0.39, 0.29) is 5.84 Å². The summed E-state index contributed by atoms with van der Waals surface area (Å²) in [6, 6.07) is 7.46. The van der Waals surface area contributed by atoms with Gasteiger partial charge in [0.15, 0.2) is 0 Å². The number of rotatable bonds is 1. The highest BCUT2D eigenvalue weighted by Gasteiger charge is 2.13. The van der Waals surface area contributed by atoms with Crippen LogP contribution in [0, 0.1) is 5.41 Å². The molecule has 2 rings (SSSR count). The van der Waals surface area contributed by atoms with Gasteiger partial charge in [0, 0.05) is 17.3 Å². The van der Waals surface area contributed by atoms with Gasteiger partial charge >= 0.3 is 0 Å². The van der Waals surface area contributed by atoms with Crippen LogP contribution in [0.4, 0.5) is 5.69 Å². The number of nitrogen functional groups attached to an aromatic ring is 2. The first-order valence-corrected chi connectivity index (χ1v) is 4.55. The molecule has 0 atom stereocenters. The lowest BCUT2D eigenvalue weighted by Crippen LogP contribution is -2.10. The van der Waals surface area contributed by atoms with Gasteiger partial charge in [0.1, 0.15) is 5.84 Å². The van der Waals surface area contributed by atoms with E-state index in [1.54, 1.807) is 24.3 Å². The maximum Gasteiger partial charge on any atom is 0.122 e. The second kappa shape index (κ2) is 4.62. The summed E-state index contributed by atoms with van der Waals surface area (Å²) in [6.07, 6.45) is 2.53. The lowest BCUT2D eigenvalue weighted by atomic mass is 10.2. The minimum atomic E-state index is 0.0694. The summed E-state index contributed by atoms with van der Waals surface area (Å²) in [5.74, 6) is 0.0694. The molecule has 0 radical (unpaired) electrons. The van der Waals surface area contributed by atoms with Gasteiger partial charge in [-0.25, -0.2) is 0 Å². The van der Waals surface area contributed by atoms with E-state index in [0.717, 1.165) is 0 Å². The van der Waals surface area contributed by atoms with Crippen molar-refractivity contribution in [2.75, 3.05) is 5.73 Å². The van der Waals surface area contributed by atoms with Gasteiger partial charge in [0.2, 0.25) is 0 Å². The highest BCUT2D eigenvalue weighted by atomic mass is 14.7. The van der Waals surface area contributed by atoms with Crippen LogP contribution in [0.25, 0.3) is 0 Å². The Kier molecular flexibility index (Phi) is 3.48. The van der Waals surface area contributed by atoms with Crippen molar-refractivity contribution in [1.29, 1.82) is 5.41 Å². The van der Waals surface area contributed by atoms with E-state index in [4.69, 9.17) is 22.6 Å². The molecule has 0 spiro atoms. The molecule has 1 aliphatic carbocycles. The normalized spacial score (nSPS) is 14.1. The molecule has 0 amide bonds. The average molecular weight is 192 g/mol. The van der Waals surface area contributed by atoms with Crippen molar-refractivity contribution in [2.24, 2.45) is 11.5 Å². The topological polar surface area (TPSA) is 102 Å². The van der Waals surface area contributed by atoms with Crippen molar-refractivity contribution in [3.05, 3.63) is 29.8 Å². The fraction of sp³-hybridized carbons (Fsp3) is 0.300. The monoisotopic (exact) mass is 192 g/mol. The maximum atomic E-state index is 7.04. The molecule has 0 aromatic heterocycles. The van der Waals surface area contributed by atoms with E-state index >= 15 is 0 Å². The zero-order valence-electron chi connectivity index (χ0n) is 8.03. The molecule has 7 N–H and O–H groups in total. The Labute approximate surface area is 83.6 Å². The third kappa shape index (κ3) is 3.91. The number of nitrogens with two attached hydrogens (primary N) is 3. The Balaban J connectivity index is 0.000000203. The molecule has 0 bridgehead atoms. The second-order valence-corrected chi connectivity index (χ2v) is 3.37. The third-order valence-electron chi connectivity index (χ3n) is 1.84. The van der Waals surface area contributed by atoms with Gasteiger partial charge in [-0.1, -0.05) is 0 Å². The zero-order chi connectivity index (χ0) is 10.6. The molecule has 0 unspecified atom stereocenters. The first-order valence-electron chi connectivity index (χ1n) is 4.55. The molecule has 4 nitrogen and oxygen atoms in total. The molecule has 0 saturated heterocycles. The summed E-state index contributed by atoms with van der Waals surface area (Å²) < 4.78 is 0. The van der Waals surface area contributed by atoms with Crippen LogP contribution in [-0.4, -0.2) is 11.9 Å². The van der Waals surface area contributed by atoms with E-state index in [1.807, 2.05) is 0 Å². The second-order valence-electron chi connectivity index (χ2n) is 3.37. The number of benzene rings is 1. The highest BCUT2D eigenvalue weighted by Crippen LogP contribution is 2.13. The third-order valence-corrected chi connectivity index (χ3v) is 1.84. The quantitative estimate of drug-likeness (QED) is 0.298. The van der Waals surface area contributed by atoms with Gasteiger partial charge < -0.3 is 17.2 Å². The Morgan fingerprint density at radius 2 is 1.64 bits per heavy atom. The van der Waals surface area contributed by atoms with Crippen molar-refractivity contribution >= 4 is 11.5 Å². The van der Waals surface area contributed by atoms with Crippen LogP contribution in [0.2, 0.25) is 0 Å². The SMILES string of the molecule is N=C(N)c1ccc(N)cc1.NC1CC1. The van der Waals surface area contributed by atoms with E-state index in [2.05, 4.69) is 0 Å². The predicted molar refractivity (Wildman–Crippen MR) is 59.1 cm³/mol. The van der Waals surface area contributed by atoms with Crippen LogP contribution in [-0.2, 0) is 0 Å². The van der Waals surface area contributed by atoms with E-state index in [1.165, 1.54) is 12.8 Å². The molecule has 1 aromatic carbocycles. The molecular formula is C10H16N4. The van der Waals surface area contributed by atoms with Gasteiger partial charge in [-0.05, 0) is 37.1 Å². The van der Waals surface area contributed by atoms with Crippen LogP contribution in [0.5, 0.6) is 0 Å². The molecule has 1 aromatic rings. The molecule has 1 fully saturated rings. The highest BCUT2D eigenvalue weighted by molar-refractivity contribution is 5.95. The summed E-state index contributed by atoms with van der Waals surface area (Å²) >= 11 is 0. The van der Waals surface area contributed by atoms with Gasteiger partial charge in [-0.15, -0.1) is 0 Å². The van der Waals surface area contributed by atoms with Crippen LogP contribution in [0.15, 0.2) is 24.3 Å². The van der Waals surface area contributed by atoms with Gasteiger partial charge in [0.05, 0.1) is 0 Å². The Morgan fingerprint density at radius 3 is 1.93 bits per heavy atom. The zero-order valence-corrected chi connectivity index (χ0v) is 8.03. The van der Waals surface area contributed by atoms with Crippen molar-refractivity contribution in [3.8, 4) is 0 Å². The van der Waals surface area contributed by atoms with Crippen LogP contribution in [0.3, 0.4) is 0 Å². The molecule has 0 heterocycles. The first-order chi connectivity index (χ1) is 6.59. The van der Waals surface area contributed by atoms with Gasteiger partial charge in [0.25, 0.3) is 0 Å². The number of amidine groups is 1. The molecule has 14 heavy (non-hydrogen) atoms. The largest absolute Gasteiger partial charge is 0.399 e. The fourth-order valence-electron chi connectivity index (χ4n) is 0.759. The molecule has 4 heteroatoms.